The predicted molar refractivity (Wildman–Crippen MR) is 111 cm³/mol. The monoisotopic (exact) mass is 390 g/mol. The van der Waals surface area contributed by atoms with Crippen LogP contribution in [0, 0.1) is 0 Å². The van der Waals surface area contributed by atoms with E-state index in [9.17, 15) is 9.59 Å². The first-order chi connectivity index (χ1) is 14.0. The lowest BCUT2D eigenvalue weighted by Gasteiger charge is -2.13. The van der Waals surface area contributed by atoms with Crippen LogP contribution in [0.2, 0.25) is 0 Å². The van der Waals surface area contributed by atoms with Crippen molar-refractivity contribution in [2.75, 3.05) is 5.32 Å². The molecule has 29 heavy (non-hydrogen) atoms. The largest absolute Gasteiger partial charge is 0.491 e. The number of hydrogen-bond acceptors (Lipinski definition) is 4. The second-order valence-electron chi connectivity index (χ2n) is 6.54. The predicted octanol–water partition coefficient (Wildman–Crippen LogP) is 4.48. The molecule has 0 saturated carbocycles. The van der Waals surface area contributed by atoms with Crippen molar-refractivity contribution in [3.05, 3.63) is 90.0 Å². The zero-order valence-electron chi connectivity index (χ0n) is 16.2. The van der Waals surface area contributed by atoms with Crippen molar-refractivity contribution in [1.82, 2.24) is 5.32 Å². The van der Waals surface area contributed by atoms with Gasteiger partial charge in [-0.25, -0.2) is 0 Å². The third-order valence-electron chi connectivity index (χ3n) is 3.82. The summed E-state index contributed by atoms with van der Waals surface area (Å²) in [7, 11) is 0. The summed E-state index contributed by atoms with van der Waals surface area (Å²) in [6.07, 6.45) is 2.98. The Hall–Kier alpha value is -3.80. The van der Waals surface area contributed by atoms with Crippen molar-refractivity contribution in [3.63, 3.8) is 0 Å². The van der Waals surface area contributed by atoms with Gasteiger partial charge >= 0.3 is 0 Å². The molecule has 6 nitrogen and oxygen atoms in total. The fourth-order valence-electron chi connectivity index (χ4n) is 2.58. The fraction of sp³-hybridized carbons (Fsp3) is 0.130. The molecule has 0 bridgehead atoms. The molecule has 3 rings (SSSR count). The van der Waals surface area contributed by atoms with Gasteiger partial charge in [-0.2, -0.15) is 0 Å². The third kappa shape index (κ3) is 5.84. The maximum atomic E-state index is 12.9. The molecule has 0 fully saturated rings. The summed E-state index contributed by atoms with van der Waals surface area (Å²) in [5, 5.41) is 5.44. The van der Waals surface area contributed by atoms with Crippen LogP contribution in [0.25, 0.3) is 6.08 Å². The van der Waals surface area contributed by atoms with Gasteiger partial charge in [-0.1, -0.05) is 24.3 Å². The fourth-order valence-corrected chi connectivity index (χ4v) is 2.58. The number of carbonyl (C=O) groups is 2. The van der Waals surface area contributed by atoms with Crippen LogP contribution in [0.3, 0.4) is 0 Å². The third-order valence-corrected chi connectivity index (χ3v) is 3.82. The summed E-state index contributed by atoms with van der Waals surface area (Å²) in [6, 6.07) is 19.1. The lowest BCUT2D eigenvalue weighted by Crippen LogP contribution is -2.30. The van der Waals surface area contributed by atoms with Gasteiger partial charge in [0.15, 0.2) is 0 Å². The van der Waals surface area contributed by atoms with E-state index in [1.807, 2.05) is 26.0 Å². The van der Waals surface area contributed by atoms with E-state index in [-0.39, 0.29) is 11.8 Å². The highest BCUT2D eigenvalue weighted by atomic mass is 16.5. The topological polar surface area (TPSA) is 80.6 Å². The molecule has 0 aliphatic rings. The molecule has 0 unspecified atom stereocenters. The zero-order valence-corrected chi connectivity index (χ0v) is 16.2. The van der Waals surface area contributed by atoms with Gasteiger partial charge in [0.25, 0.3) is 11.8 Å². The molecular weight excluding hydrogens is 368 g/mol. The van der Waals surface area contributed by atoms with Gasteiger partial charge in [-0.3, -0.25) is 9.59 Å². The second kappa shape index (κ2) is 9.41. The average Bonchev–Trinajstić information content (AvgIpc) is 3.21. The van der Waals surface area contributed by atoms with Crippen LogP contribution in [0.1, 0.15) is 30.0 Å². The number of benzene rings is 2. The smallest absolute Gasteiger partial charge is 0.272 e. The van der Waals surface area contributed by atoms with Gasteiger partial charge in [0.2, 0.25) is 0 Å². The molecule has 0 radical (unpaired) electrons. The lowest BCUT2D eigenvalue weighted by atomic mass is 10.2. The molecule has 0 aliphatic heterocycles. The van der Waals surface area contributed by atoms with Crippen LogP contribution in [-0.2, 0) is 4.79 Å². The molecule has 1 heterocycles. The molecule has 0 aliphatic carbocycles. The van der Waals surface area contributed by atoms with Crippen molar-refractivity contribution < 1.29 is 18.7 Å². The highest BCUT2D eigenvalue weighted by Crippen LogP contribution is 2.19. The van der Waals surface area contributed by atoms with Crippen molar-refractivity contribution in [3.8, 4) is 5.75 Å². The number of hydrogen-bond donors (Lipinski definition) is 2. The first kappa shape index (κ1) is 19.9. The number of anilines is 1. The zero-order chi connectivity index (χ0) is 20.6. The average molecular weight is 390 g/mol. The van der Waals surface area contributed by atoms with Crippen LogP contribution < -0.4 is 15.4 Å². The van der Waals surface area contributed by atoms with Crippen molar-refractivity contribution in [2.24, 2.45) is 0 Å². The summed E-state index contributed by atoms with van der Waals surface area (Å²) in [6.45, 7) is 3.85. The summed E-state index contributed by atoms with van der Waals surface area (Å²) in [4.78, 5) is 25.4. The second-order valence-corrected chi connectivity index (χ2v) is 6.54. The van der Waals surface area contributed by atoms with Gasteiger partial charge in [-0.05, 0) is 50.2 Å². The molecule has 0 atom stereocenters. The van der Waals surface area contributed by atoms with Gasteiger partial charge in [0.05, 0.1) is 12.4 Å². The van der Waals surface area contributed by atoms with Crippen LogP contribution >= 0.6 is 0 Å². The Morgan fingerprint density at radius 3 is 2.48 bits per heavy atom. The van der Waals surface area contributed by atoms with Crippen LogP contribution in [0.15, 0.2) is 83.1 Å². The van der Waals surface area contributed by atoms with E-state index in [1.165, 1.54) is 12.3 Å². The van der Waals surface area contributed by atoms with E-state index < -0.39 is 11.8 Å². The minimum atomic E-state index is -0.479. The molecule has 3 aromatic rings. The van der Waals surface area contributed by atoms with Crippen LogP contribution in [0.4, 0.5) is 5.69 Å². The number of nitrogens with one attached hydrogen (secondary N) is 2. The maximum absolute atomic E-state index is 12.9. The Morgan fingerprint density at radius 1 is 1.00 bits per heavy atom. The Balaban J connectivity index is 1.81. The first-order valence-corrected chi connectivity index (χ1v) is 9.21. The van der Waals surface area contributed by atoms with Crippen molar-refractivity contribution >= 4 is 23.6 Å². The minimum absolute atomic E-state index is 0.0144. The Labute approximate surface area is 169 Å². The van der Waals surface area contributed by atoms with Gasteiger partial charge in [0, 0.05) is 23.4 Å². The van der Waals surface area contributed by atoms with E-state index >= 15 is 0 Å². The van der Waals surface area contributed by atoms with Crippen molar-refractivity contribution in [2.45, 2.75) is 20.0 Å². The normalized spacial score (nSPS) is 11.2. The molecule has 148 valence electrons. The Bertz CT molecular complexity index is 993. The van der Waals surface area contributed by atoms with Gasteiger partial charge in [0.1, 0.15) is 17.2 Å². The summed E-state index contributed by atoms with van der Waals surface area (Å²) < 4.78 is 10.9. The number of ether oxygens (including phenoxy) is 1. The molecule has 6 heteroatoms. The molecule has 2 aromatic carbocycles. The molecule has 1 aromatic heterocycles. The van der Waals surface area contributed by atoms with Crippen LogP contribution in [-0.4, -0.2) is 17.9 Å². The number of furan rings is 1. The quantitative estimate of drug-likeness (QED) is 0.583. The number of amides is 2. The van der Waals surface area contributed by atoms with E-state index in [4.69, 9.17) is 9.15 Å². The van der Waals surface area contributed by atoms with E-state index in [1.54, 1.807) is 54.6 Å². The Morgan fingerprint density at radius 2 is 1.79 bits per heavy atom. The van der Waals surface area contributed by atoms with Gasteiger partial charge in [-0.15, -0.1) is 0 Å². The maximum Gasteiger partial charge on any atom is 0.272 e. The Kier molecular flexibility index (Phi) is 6.47. The van der Waals surface area contributed by atoms with Crippen LogP contribution in [0.5, 0.6) is 5.75 Å². The molecular formula is C23H22N2O4. The summed E-state index contributed by atoms with van der Waals surface area (Å²) in [5.74, 6) is 0.214. The molecule has 0 spiro atoms. The molecule has 2 N–H and O–H groups in total. The number of rotatable bonds is 7. The number of carbonyl (C=O) groups excluding carboxylic acids is 2. The van der Waals surface area contributed by atoms with E-state index in [2.05, 4.69) is 10.6 Å². The summed E-state index contributed by atoms with van der Waals surface area (Å²) in [5.41, 5.74) is 1.05. The minimum Gasteiger partial charge on any atom is -0.491 e. The van der Waals surface area contributed by atoms with E-state index in [0.29, 0.717) is 22.8 Å². The van der Waals surface area contributed by atoms with Crippen molar-refractivity contribution in [1.29, 1.82) is 0 Å². The standard InChI is InChI=1S/C23H22N2O4/c1-16(2)29-20-11-6-10-18(14-20)24-23(27)21(15-19-12-7-13-28-19)25-22(26)17-8-4-3-5-9-17/h3-16H,1-2H3,(H,24,27)(H,25,26)/b21-15-. The summed E-state index contributed by atoms with van der Waals surface area (Å²) >= 11 is 0. The first-order valence-electron chi connectivity index (χ1n) is 9.21. The SMILES string of the molecule is CC(C)Oc1cccc(NC(=O)/C(=C/c2ccco2)NC(=O)c2ccccc2)c1. The molecule has 0 saturated heterocycles. The molecule has 2 amide bonds. The van der Waals surface area contributed by atoms with Gasteiger partial charge < -0.3 is 19.8 Å². The van der Waals surface area contributed by atoms with E-state index in [0.717, 1.165) is 0 Å². The highest BCUT2D eigenvalue weighted by Gasteiger charge is 2.16. The highest BCUT2D eigenvalue weighted by molar-refractivity contribution is 6.10. The lowest BCUT2D eigenvalue weighted by molar-refractivity contribution is -0.113.